The average molecular weight is 470 g/mol. The molecule has 0 spiro atoms. The van der Waals surface area contributed by atoms with Gasteiger partial charge in [0, 0.05) is 13.6 Å². The third-order valence-corrected chi connectivity index (χ3v) is 7.97. The highest BCUT2D eigenvalue weighted by atomic mass is 32.2. The van der Waals surface area contributed by atoms with Gasteiger partial charge in [-0.15, -0.1) is 0 Å². The van der Waals surface area contributed by atoms with Crippen LogP contribution in [0.5, 0.6) is 0 Å². The zero-order valence-electron chi connectivity index (χ0n) is 18.3. The van der Waals surface area contributed by atoms with E-state index < -0.39 is 26.6 Å². The van der Waals surface area contributed by atoms with Crippen molar-refractivity contribution in [1.29, 1.82) is 0 Å². The number of rotatable bonds is 6. The predicted octanol–water partition coefficient (Wildman–Crippen LogP) is 0.240. The maximum Gasteiger partial charge on any atom is 0.332 e. The van der Waals surface area contributed by atoms with Gasteiger partial charge in [0.2, 0.25) is 5.91 Å². The molecule has 3 heterocycles. The summed E-state index contributed by atoms with van der Waals surface area (Å²) in [6, 6.07) is 0. The summed E-state index contributed by atoms with van der Waals surface area (Å²) in [5.41, 5.74) is -1.51. The molecule has 0 bridgehead atoms. The van der Waals surface area contributed by atoms with E-state index in [1.54, 1.807) is 13.8 Å². The van der Waals surface area contributed by atoms with Crippen molar-refractivity contribution in [1.82, 2.24) is 24.4 Å². The minimum absolute atomic E-state index is 0.0480. The fraction of sp³-hybridized carbons (Fsp3) is 0.632. The predicted molar refractivity (Wildman–Crippen MR) is 119 cm³/mol. The van der Waals surface area contributed by atoms with E-state index in [0.29, 0.717) is 23.8 Å². The van der Waals surface area contributed by atoms with E-state index in [1.165, 1.54) is 11.6 Å². The van der Waals surface area contributed by atoms with Gasteiger partial charge in [0.25, 0.3) is 5.56 Å². The van der Waals surface area contributed by atoms with Crippen molar-refractivity contribution in [3.63, 3.8) is 0 Å². The van der Waals surface area contributed by atoms with Crippen molar-refractivity contribution in [2.45, 2.75) is 51.2 Å². The molecule has 1 N–H and O–H groups in total. The first-order valence-electron chi connectivity index (χ1n) is 9.94. The zero-order chi connectivity index (χ0) is 23.1. The van der Waals surface area contributed by atoms with Crippen molar-refractivity contribution in [2.75, 3.05) is 17.3 Å². The average Bonchev–Trinajstić information content (AvgIpc) is 2.93. The van der Waals surface area contributed by atoms with Gasteiger partial charge < -0.3 is 5.32 Å². The Kier molecular flexibility index (Phi) is 6.34. The number of aromatic nitrogens is 4. The summed E-state index contributed by atoms with van der Waals surface area (Å²) in [4.78, 5) is 46.7. The number of sulfone groups is 1. The first-order chi connectivity index (χ1) is 14.3. The van der Waals surface area contributed by atoms with Gasteiger partial charge in [-0.2, -0.15) is 0 Å². The summed E-state index contributed by atoms with van der Waals surface area (Å²) < 4.78 is 26.0. The van der Waals surface area contributed by atoms with Gasteiger partial charge in [-0.25, -0.2) is 23.2 Å². The van der Waals surface area contributed by atoms with E-state index in [9.17, 15) is 22.8 Å². The Bertz CT molecular complexity index is 1270. The fourth-order valence-electron chi connectivity index (χ4n) is 3.69. The number of carbonyl (C=O) groups excluding carboxylic acids is 1. The highest BCUT2D eigenvalue weighted by Gasteiger charge is 2.39. The van der Waals surface area contributed by atoms with Crippen molar-refractivity contribution in [3.05, 3.63) is 26.7 Å². The third kappa shape index (κ3) is 5.00. The molecule has 3 rings (SSSR count). The molecule has 0 radical (unpaired) electrons. The first kappa shape index (κ1) is 23.5. The number of fused-ring (bicyclic) bond motifs is 1. The van der Waals surface area contributed by atoms with Crippen LogP contribution in [0.1, 0.15) is 33.0 Å². The number of thioether (sulfide) groups is 1. The van der Waals surface area contributed by atoms with Crippen LogP contribution in [-0.4, -0.2) is 56.2 Å². The molecule has 0 saturated carbocycles. The Labute approximate surface area is 184 Å². The normalized spacial score (nSPS) is 20.5. The molecule has 2 aromatic heterocycles. The van der Waals surface area contributed by atoms with E-state index >= 15 is 0 Å². The van der Waals surface area contributed by atoms with Crippen molar-refractivity contribution in [2.24, 2.45) is 13.0 Å². The molecular weight excluding hydrogens is 442 g/mol. The minimum atomic E-state index is -3.15. The zero-order valence-corrected chi connectivity index (χ0v) is 19.9. The lowest BCUT2D eigenvalue weighted by Gasteiger charge is -2.23. The van der Waals surface area contributed by atoms with Crippen LogP contribution >= 0.6 is 11.8 Å². The van der Waals surface area contributed by atoms with Crippen LogP contribution in [0.4, 0.5) is 0 Å². The van der Waals surface area contributed by atoms with E-state index in [4.69, 9.17) is 0 Å². The molecule has 10 nitrogen and oxygen atoms in total. The van der Waals surface area contributed by atoms with Crippen LogP contribution < -0.4 is 16.6 Å². The lowest BCUT2D eigenvalue weighted by atomic mass is 10.0. The molecule has 1 aliphatic rings. The topological polar surface area (TPSA) is 133 Å². The van der Waals surface area contributed by atoms with Crippen molar-refractivity contribution >= 4 is 38.5 Å². The molecule has 2 aromatic rings. The molecule has 170 valence electrons. The van der Waals surface area contributed by atoms with Crippen LogP contribution in [0, 0.1) is 12.8 Å². The largest absolute Gasteiger partial charge is 0.349 e. The molecule has 1 aliphatic heterocycles. The highest BCUT2D eigenvalue weighted by molar-refractivity contribution is 8.00. The fourth-order valence-corrected chi connectivity index (χ4v) is 6.64. The van der Waals surface area contributed by atoms with Gasteiger partial charge in [-0.05, 0) is 26.2 Å². The SMILES string of the molecule is Cc1nc(SCC(=O)NC2(C)CCS(=O)(=O)C2)c2c(=O)n(C)c(=O)n(CC(C)C)c2n1. The molecule has 1 amide bonds. The number of amides is 1. The highest BCUT2D eigenvalue weighted by Crippen LogP contribution is 2.25. The summed E-state index contributed by atoms with van der Waals surface area (Å²) in [5, 5.41) is 3.31. The summed E-state index contributed by atoms with van der Waals surface area (Å²) >= 11 is 1.07. The van der Waals surface area contributed by atoms with Crippen LogP contribution in [0.2, 0.25) is 0 Å². The molecule has 1 atom stereocenters. The van der Waals surface area contributed by atoms with Gasteiger partial charge >= 0.3 is 5.69 Å². The van der Waals surface area contributed by atoms with Gasteiger partial charge in [-0.3, -0.25) is 18.7 Å². The lowest BCUT2D eigenvalue weighted by molar-refractivity contribution is -0.120. The maximum absolute atomic E-state index is 12.9. The Morgan fingerprint density at radius 3 is 2.55 bits per heavy atom. The first-order valence-corrected chi connectivity index (χ1v) is 12.7. The standard InChI is InChI=1S/C19H27N5O5S2/c1-11(2)8-24-15-14(17(26)23(5)18(24)27)16(21-12(3)20-15)30-9-13(25)22-19(4)6-7-31(28,29)10-19/h11H,6-10H2,1-5H3,(H,22,25). The Balaban J connectivity index is 1.94. The maximum atomic E-state index is 12.9. The van der Waals surface area contributed by atoms with Crippen LogP contribution in [0.3, 0.4) is 0 Å². The molecule has 1 unspecified atom stereocenters. The minimum Gasteiger partial charge on any atom is -0.349 e. The number of aryl methyl sites for hydroxylation is 1. The summed E-state index contributed by atoms with van der Waals surface area (Å²) in [7, 11) is -1.74. The van der Waals surface area contributed by atoms with E-state index in [0.717, 1.165) is 16.3 Å². The number of hydrogen-bond acceptors (Lipinski definition) is 8. The number of carbonyl (C=O) groups is 1. The van der Waals surface area contributed by atoms with Crippen molar-refractivity contribution < 1.29 is 13.2 Å². The molecule has 12 heteroatoms. The summed E-state index contributed by atoms with van der Waals surface area (Å²) in [6.45, 7) is 7.68. The quantitative estimate of drug-likeness (QED) is 0.470. The smallest absolute Gasteiger partial charge is 0.332 e. The summed E-state index contributed by atoms with van der Waals surface area (Å²) in [5.74, 6) is 0.104. The molecule has 31 heavy (non-hydrogen) atoms. The Morgan fingerprint density at radius 2 is 1.97 bits per heavy atom. The van der Waals surface area contributed by atoms with Crippen LogP contribution in [0.15, 0.2) is 14.6 Å². The molecule has 0 aliphatic carbocycles. The number of nitrogens with zero attached hydrogens (tertiary/aromatic N) is 4. The Morgan fingerprint density at radius 1 is 1.29 bits per heavy atom. The van der Waals surface area contributed by atoms with Gasteiger partial charge in [-0.1, -0.05) is 25.6 Å². The Hall–Kier alpha value is -2.21. The van der Waals surface area contributed by atoms with Crippen LogP contribution in [0.25, 0.3) is 11.0 Å². The lowest BCUT2D eigenvalue weighted by Crippen LogP contribution is -2.47. The van der Waals surface area contributed by atoms with Gasteiger partial charge in [0.05, 0.1) is 22.8 Å². The molecular formula is C19H27N5O5S2. The molecule has 0 aromatic carbocycles. The third-order valence-electron chi connectivity index (χ3n) is 5.09. The van der Waals surface area contributed by atoms with E-state index in [2.05, 4.69) is 15.3 Å². The molecule has 1 saturated heterocycles. The second kappa shape index (κ2) is 8.38. The second-order valence-electron chi connectivity index (χ2n) is 8.67. The monoisotopic (exact) mass is 469 g/mol. The van der Waals surface area contributed by atoms with E-state index in [1.807, 2.05) is 13.8 Å². The summed E-state index contributed by atoms with van der Waals surface area (Å²) in [6.07, 6.45) is 0.364. The number of hydrogen-bond donors (Lipinski definition) is 1. The van der Waals surface area contributed by atoms with Gasteiger partial charge in [0.1, 0.15) is 16.2 Å². The van der Waals surface area contributed by atoms with E-state index in [-0.39, 0.29) is 40.1 Å². The van der Waals surface area contributed by atoms with Crippen LogP contribution in [-0.2, 0) is 28.2 Å². The van der Waals surface area contributed by atoms with Gasteiger partial charge in [0.15, 0.2) is 15.5 Å². The second-order valence-corrected chi connectivity index (χ2v) is 11.8. The van der Waals surface area contributed by atoms with Crippen molar-refractivity contribution in [3.8, 4) is 0 Å². The number of nitrogens with one attached hydrogen (secondary N) is 1. The molecule has 1 fully saturated rings.